The van der Waals surface area contributed by atoms with Crippen LogP contribution in [0.5, 0.6) is 0 Å². The van der Waals surface area contributed by atoms with Crippen LogP contribution in [0.25, 0.3) is 0 Å². The Labute approximate surface area is 120 Å². The minimum atomic E-state index is -0.494. The molecule has 2 N–H and O–H groups in total. The van der Waals surface area contributed by atoms with Crippen LogP contribution in [0, 0.1) is 12.7 Å². The number of hydrogen-bond acceptors (Lipinski definition) is 2. The molecule has 0 fully saturated rings. The standard InChI is InChI=1S/C15H12ClFN2O/c1-8-2-5-13-10(6-8)14(15(20)19-13)18-9-3-4-12(17)11(16)7-9/h2-7,14,18H,1H3,(H,19,20). The fourth-order valence-electron chi connectivity index (χ4n) is 2.28. The fourth-order valence-corrected chi connectivity index (χ4v) is 2.46. The molecule has 0 aliphatic carbocycles. The Morgan fingerprint density at radius 2 is 2.05 bits per heavy atom. The minimum Gasteiger partial charge on any atom is -0.370 e. The number of fused-ring (bicyclic) bond motifs is 1. The summed E-state index contributed by atoms with van der Waals surface area (Å²) >= 11 is 5.75. The Bertz CT molecular complexity index is 702. The van der Waals surface area contributed by atoms with Crippen LogP contribution in [0.15, 0.2) is 36.4 Å². The lowest BCUT2D eigenvalue weighted by Gasteiger charge is -2.13. The zero-order valence-corrected chi connectivity index (χ0v) is 11.5. The van der Waals surface area contributed by atoms with Crippen LogP contribution in [0.1, 0.15) is 17.2 Å². The molecule has 0 radical (unpaired) electrons. The number of anilines is 2. The number of aryl methyl sites for hydroxylation is 1. The van der Waals surface area contributed by atoms with E-state index in [1.807, 2.05) is 25.1 Å². The summed E-state index contributed by atoms with van der Waals surface area (Å²) < 4.78 is 13.1. The molecule has 102 valence electrons. The van der Waals surface area contributed by atoms with E-state index < -0.39 is 11.9 Å². The summed E-state index contributed by atoms with van der Waals surface area (Å²) in [5.74, 6) is -0.615. The van der Waals surface area contributed by atoms with Crippen molar-refractivity contribution in [3.8, 4) is 0 Å². The zero-order chi connectivity index (χ0) is 14.3. The van der Waals surface area contributed by atoms with Crippen molar-refractivity contribution in [3.05, 3.63) is 58.4 Å². The second kappa shape index (κ2) is 4.80. The van der Waals surface area contributed by atoms with E-state index in [-0.39, 0.29) is 10.9 Å². The largest absolute Gasteiger partial charge is 0.370 e. The molecule has 20 heavy (non-hydrogen) atoms. The molecule has 0 saturated carbocycles. The molecule has 0 spiro atoms. The van der Waals surface area contributed by atoms with E-state index in [9.17, 15) is 9.18 Å². The van der Waals surface area contributed by atoms with Crippen molar-refractivity contribution in [2.75, 3.05) is 10.6 Å². The maximum Gasteiger partial charge on any atom is 0.251 e. The molecule has 2 aromatic rings. The first kappa shape index (κ1) is 12.9. The maximum atomic E-state index is 13.1. The van der Waals surface area contributed by atoms with Crippen LogP contribution in [0.4, 0.5) is 15.8 Å². The maximum absolute atomic E-state index is 13.1. The van der Waals surface area contributed by atoms with Gasteiger partial charge in [0.15, 0.2) is 0 Å². The number of carbonyl (C=O) groups is 1. The van der Waals surface area contributed by atoms with Gasteiger partial charge in [-0.2, -0.15) is 0 Å². The Kier molecular flexibility index (Phi) is 3.10. The molecule has 1 aliphatic rings. The van der Waals surface area contributed by atoms with Crippen LogP contribution in [0.2, 0.25) is 5.02 Å². The smallest absolute Gasteiger partial charge is 0.251 e. The third kappa shape index (κ3) is 2.23. The molecule has 3 rings (SSSR count). The molecule has 5 heteroatoms. The highest BCUT2D eigenvalue weighted by Gasteiger charge is 2.30. The Morgan fingerprint density at radius 1 is 1.25 bits per heavy atom. The van der Waals surface area contributed by atoms with Crippen molar-refractivity contribution in [2.24, 2.45) is 0 Å². The van der Waals surface area contributed by atoms with Gasteiger partial charge in [-0.3, -0.25) is 4.79 Å². The van der Waals surface area contributed by atoms with E-state index in [4.69, 9.17) is 11.6 Å². The normalized spacial score (nSPS) is 16.8. The lowest BCUT2D eigenvalue weighted by atomic mass is 10.1. The fraction of sp³-hybridized carbons (Fsp3) is 0.133. The van der Waals surface area contributed by atoms with Gasteiger partial charge in [0.2, 0.25) is 0 Å². The highest BCUT2D eigenvalue weighted by atomic mass is 35.5. The lowest BCUT2D eigenvalue weighted by molar-refractivity contribution is -0.116. The molecule has 1 heterocycles. The van der Waals surface area contributed by atoms with Gasteiger partial charge < -0.3 is 10.6 Å². The third-order valence-electron chi connectivity index (χ3n) is 3.27. The van der Waals surface area contributed by atoms with Crippen molar-refractivity contribution in [3.63, 3.8) is 0 Å². The summed E-state index contributed by atoms with van der Waals surface area (Å²) in [7, 11) is 0. The van der Waals surface area contributed by atoms with Crippen LogP contribution >= 0.6 is 11.6 Å². The number of hydrogen-bond donors (Lipinski definition) is 2. The summed E-state index contributed by atoms with van der Waals surface area (Å²) in [6.07, 6.45) is 0. The summed E-state index contributed by atoms with van der Waals surface area (Å²) in [4.78, 5) is 12.0. The molecule has 0 saturated heterocycles. The van der Waals surface area contributed by atoms with Gasteiger partial charge in [0.05, 0.1) is 5.02 Å². The highest BCUT2D eigenvalue weighted by molar-refractivity contribution is 6.31. The van der Waals surface area contributed by atoms with E-state index >= 15 is 0 Å². The SMILES string of the molecule is Cc1ccc2c(c1)C(Nc1ccc(F)c(Cl)c1)C(=O)N2. The monoisotopic (exact) mass is 290 g/mol. The predicted octanol–water partition coefficient (Wildman–Crippen LogP) is 3.89. The topological polar surface area (TPSA) is 41.1 Å². The lowest BCUT2D eigenvalue weighted by Crippen LogP contribution is -2.19. The van der Waals surface area contributed by atoms with Crippen LogP contribution in [0.3, 0.4) is 0 Å². The molecule has 0 bridgehead atoms. The number of benzene rings is 2. The average Bonchev–Trinajstić information content (AvgIpc) is 2.70. The zero-order valence-electron chi connectivity index (χ0n) is 10.7. The molecule has 1 atom stereocenters. The van der Waals surface area contributed by atoms with Crippen molar-refractivity contribution in [1.82, 2.24) is 0 Å². The molecule has 2 aromatic carbocycles. The van der Waals surface area contributed by atoms with Gasteiger partial charge in [-0.15, -0.1) is 0 Å². The van der Waals surface area contributed by atoms with Gasteiger partial charge in [0, 0.05) is 16.9 Å². The van der Waals surface area contributed by atoms with Crippen LogP contribution in [-0.4, -0.2) is 5.91 Å². The number of nitrogens with one attached hydrogen (secondary N) is 2. The molecular weight excluding hydrogens is 279 g/mol. The van der Waals surface area contributed by atoms with E-state index in [1.54, 1.807) is 6.07 Å². The van der Waals surface area contributed by atoms with Gasteiger partial charge in [0.25, 0.3) is 5.91 Å². The summed E-state index contributed by atoms with van der Waals surface area (Å²) in [5, 5.41) is 5.92. The van der Waals surface area contributed by atoms with E-state index in [2.05, 4.69) is 10.6 Å². The quantitative estimate of drug-likeness (QED) is 0.881. The number of amides is 1. The molecule has 1 aliphatic heterocycles. The molecule has 3 nitrogen and oxygen atoms in total. The molecule has 0 aromatic heterocycles. The number of carbonyl (C=O) groups excluding carboxylic acids is 1. The van der Waals surface area contributed by atoms with E-state index in [0.29, 0.717) is 5.69 Å². The van der Waals surface area contributed by atoms with E-state index in [1.165, 1.54) is 12.1 Å². The molecule has 1 amide bonds. The Balaban J connectivity index is 1.93. The summed E-state index contributed by atoms with van der Waals surface area (Å²) in [6, 6.07) is 9.58. The molecular formula is C15H12ClFN2O. The first-order chi connectivity index (χ1) is 9.54. The average molecular weight is 291 g/mol. The third-order valence-corrected chi connectivity index (χ3v) is 3.56. The Morgan fingerprint density at radius 3 is 2.80 bits per heavy atom. The van der Waals surface area contributed by atoms with Gasteiger partial charge >= 0.3 is 0 Å². The minimum absolute atomic E-state index is 0.0258. The van der Waals surface area contributed by atoms with Crippen molar-refractivity contribution < 1.29 is 9.18 Å². The summed E-state index contributed by atoms with van der Waals surface area (Å²) in [6.45, 7) is 1.97. The number of halogens is 2. The second-order valence-corrected chi connectivity index (χ2v) is 5.19. The Hall–Kier alpha value is -2.07. The van der Waals surface area contributed by atoms with Gasteiger partial charge in [-0.1, -0.05) is 29.3 Å². The van der Waals surface area contributed by atoms with Gasteiger partial charge in [-0.25, -0.2) is 4.39 Å². The predicted molar refractivity (Wildman–Crippen MR) is 77.6 cm³/mol. The van der Waals surface area contributed by atoms with Crippen LogP contribution < -0.4 is 10.6 Å². The number of rotatable bonds is 2. The highest BCUT2D eigenvalue weighted by Crippen LogP contribution is 2.34. The van der Waals surface area contributed by atoms with Crippen molar-refractivity contribution >= 4 is 28.9 Å². The molecule has 1 unspecified atom stereocenters. The van der Waals surface area contributed by atoms with Crippen molar-refractivity contribution in [1.29, 1.82) is 0 Å². The first-order valence-electron chi connectivity index (χ1n) is 6.17. The van der Waals surface area contributed by atoms with E-state index in [0.717, 1.165) is 16.8 Å². The first-order valence-corrected chi connectivity index (χ1v) is 6.55. The van der Waals surface area contributed by atoms with Crippen molar-refractivity contribution in [2.45, 2.75) is 13.0 Å². The van der Waals surface area contributed by atoms with Gasteiger partial charge in [-0.05, 0) is 31.2 Å². The van der Waals surface area contributed by atoms with Crippen LogP contribution in [-0.2, 0) is 4.79 Å². The second-order valence-electron chi connectivity index (χ2n) is 4.79. The summed E-state index contributed by atoms with van der Waals surface area (Å²) in [5.41, 5.74) is 3.36. The van der Waals surface area contributed by atoms with Gasteiger partial charge in [0.1, 0.15) is 11.9 Å².